The Morgan fingerprint density at radius 1 is 1.43 bits per heavy atom. The number of piperazine rings is 1. The van der Waals surface area contributed by atoms with Crippen LogP contribution in [0, 0.1) is 11.3 Å². The highest BCUT2D eigenvalue weighted by Crippen LogP contribution is 2.06. The molecule has 0 aromatic carbocycles. The molecule has 14 heavy (non-hydrogen) atoms. The van der Waals surface area contributed by atoms with Crippen LogP contribution in [0.5, 0.6) is 0 Å². The Labute approximate surface area is 85.1 Å². The van der Waals surface area contributed by atoms with Crippen LogP contribution in [0.4, 0.5) is 0 Å². The first-order valence-corrected chi connectivity index (χ1v) is 5.10. The van der Waals surface area contributed by atoms with Crippen LogP contribution in [-0.4, -0.2) is 47.9 Å². The van der Waals surface area contributed by atoms with Gasteiger partial charge in [-0.15, -0.1) is 0 Å². The number of hydrogen-bond donors (Lipinski definition) is 0. The lowest BCUT2D eigenvalue weighted by Gasteiger charge is -2.35. The van der Waals surface area contributed by atoms with Crippen LogP contribution in [0.1, 0.15) is 20.3 Å². The van der Waals surface area contributed by atoms with Crippen LogP contribution in [0.2, 0.25) is 0 Å². The summed E-state index contributed by atoms with van der Waals surface area (Å²) < 4.78 is 0. The third kappa shape index (κ3) is 2.46. The molecule has 1 saturated heterocycles. The van der Waals surface area contributed by atoms with Crippen molar-refractivity contribution in [3.63, 3.8) is 0 Å². The monoisotopic (exact) mass is 195 g/mol. The van der Waals surface area contributed by atoms with Crippen molar-refractivity contribution in [1.29, 1.82) is 5.26 Å². The van der Waals surface area contributed by atoms with Crippen molar-refractivity contribution in [1.82, 2.24) is 9.80 Å². The summed E-state index contributed by atoms with van der Waals surface area (Å²) in [7, 11) is 0. The normalized spacial score (nSPS) is 20.2. The molecule has 1 heterocycles. The zero-order valence-electron chi connectivity index (χ0n) is 8.86. The van der Waals surface area contributed by atoms with E-state index in [1.54, 1.807) is 0 Å². The Balaban J connectivity index is 2.39. The summed E-state index contributed by atoms with van der Waals surface area (Å²) in [4.78, 5) is 15.3. The van der Waals surface area contributed by atoms with Crippen LogP contribution >= 0.6 is 0 Å². The van der Waals surface area contributed by atoms with Crippen molar-refractivity contribution in [3.05, 3.63) is 0 Å². The Hall–Kier alpha value is -1.08. The van der Waals surface area contributed by atoms with E-state index in [0.29, 0.717) is 6.42 Å². The number of amides is 1. The van der Waals surface area contributed by atoms with Gasteiger partial charge in [0.05, 0.1) is 12.1 Å². The van der Waals surface area contributed by atoms with E-state index >= 15 is 0 Å². The van der Waals surface area contributed by atoms with Crippen LogP contribution in [-0.2, 0) is 4.79 Å². The van der Waals surface area contributed by atoms with Crippen molar-refractivity contribution in [3.8, 4) is 6.07 Å². The highest BCUT2D eigenvalue weighted by Gasteiger charge is 2.22. The lowest BCUT2D eigenvalue weighted by Crippen LogP contribution is -2.50. The Morgan fingerprint density at radius 2 is 2.00 bits per heavy atom. The summed E-state index contributed by atoms with van der Waals surface area (Å²) in [6, 6.07) is 2.18. The zero-order chi connectivity index (χ0) is 10.6. The van der Waals surface area contributed by atoms with Crippen LogP contribution in [0.3, 0.4) is 0 Å². The third-order valence-corrected chi connectivity index (χ3v) is 2.70. The molecule has 0 aliphatic carbocycles. The van der Waals surface area contributed by atoms with Gasteiger partial charge in [0.2, 0.25) is 5.91 Å². The van der Waals surface area contributed by atoms with Gasteiger partial charge in [-0.25, -0.2) is 0 Å². The fourth-order valence-electron chi connectivity index (χ4n) is 1.66. The van der Waals surface area contributed by atoms with E-state index in [1.165, 1.54) is 0 Å². The van der Waals surface area contributed by atoms with Gasteiger partial charge in [0.1, 0.15) is 0 Å². The molecular weight excluding hydrogens is 178 g/mol. The molecule has 0 N–H and O–H groups in total. The predicted molar refractivity (Wildman–Crippen MR) is 53.5 cm³/mol. The molecule has 0 aromatic rings. The Bertz CT molecular complexity index is 238. The molecule has 1 amide bonds. The molecule has 78 valence electrons. The minimum Gasteiger partial charge on any atom is -0.340 e. The van der Waals surface area contributed by atoms with Gasteiger partial charge in [0.25, 0.3) is 0 Å². The first kappa shape index (κ1) is 11.0. The largest absolute Gasteiger partial charge is 0.340 e. The van der Waals surface area contributed by atoms with Crippen LogP contribution < -0.4 is 0 Å². The SMILES string of the molecule is CCC(=O)N1CCN(C(C)C#N)CC1. The van der Waals surface area contributed by atoms with E-state index in [0.717, 1.165) is 26.2 Å². The number of nitriles is 1. The van der Waals surface area contributed by atoms with Gasteiger partial charge in [0, 0.05) is 32.6 Å². The van der Waals surface area contributed by atoms with Gasteiger partial charge >= 0.3 is 0 Å². The fourth-order valence-corrected chi connectivity index (χ4v) is 1.66. The van der Waals surface area contributed by atoms with Crippen molar-refractivity contribution < 1.29 is 4.79 Å². The number of rotatable bonds is 2. The van der Waals surface area contributed by atoms with Crippen molar-refractivity contribution >= 4 is 5.91 Å². The first-order valence-electron chi connectivity index (χ1n) is 5.10. The Morgan fingerprint density at radius 3 is 2.43 bits per heavy atom. The summed E-state index contributed by atoms with van der Waals surface area (Å²) in [6.07, 6.45) is 0.577. The van der Waals surface area contributed by atoms with Crippen LogP contribution in [0.25, 0.3) is 0 Å². The summed E-state index contributed by atoms with van der Waals surface area (Å²) >= 11 is 0. The molecule has 0 bridgehead atoms. The maximum absolute atomic E-state index is 11.4. The maximum atomic E-state index is 11.4. The minimum atomic E-state index is -0.0334. The van der Waals surface area contributed by atoms with E-state index in [4.69, 9.17) is 5.26 Å². The van der Waals surface area contributed by atoms with Gasteiger partial charge in [0.15, 0.2) is 0 Å². The van der Waals surface area contributed by atoms with Crippen molar-refractivity contribution in [2.45, 2.75) is 26.3 Å². The molecule has 1 aliphatic heterocycles. The molecule has 1 unspecified atom stereocenters. The number of carbonyl (C=O) groups is 1. The summed E-state index contributed by atoms with van der Waals surface area (Å²) in [6.45, 7) is 6.95. The first-order chi connectivity index (χ1) is 6.69. The van der Waals surface area contributed by atoms with E-state index in [-0.39, 0.29) is 11.9 Å². The molecule has 1 atom stereocenters. The Kier molecular flexibility index (Phi) is 3.90. The van der Waals surface area contributed by atoms with E-state index < -0.39 is 0 Å². The molecule has 1 rings (SSSR count). The van der Waals surface area contributed by atoms with E-state index in [2.05, 4.69) is 11.0 Å². The predicted octanol–water partition coefficient (Wildman–Crippen LogP) is 0.453. The summed E-state index contributed by atoms with van der Waals surface area (Å²) in [5.74, 6) is 0.217. The minimum absolute atomic E-state index is 0.0334. The molecule has 1 fully saturated rings. The van der Waals surface area contributed by atoms with E-state index in [9.17, 15) is 4.79 Å². The molecule has 4 heteroatoms. The molecule has 4 nitrogen and oxygen atoms in total. The second kappa shape index (κ2) is 4.97. The maximum Gasteiger partial charge on any atom is 0.222 e. The zero-order valence-corrected chi connectivity index (χ0v) is 8.86. The highest BCUT2D eigenvalue weighted by atomic mass is 16.2. The molecule has 0 spiro atoms. The molecule has 1 aliphatic rings. The van der Waals surface area contributed by atoms with Gasteiger partial charge in [-0.3, -0.25) is 9.69 Å². The smallest absolute Gasteiger partial charge is 0.222 e. The average molecular weight is 195 g/mol. The van der Waals surface area contributed by atoms with Gasteiger partial charge < -0.3 is 4.90 Å². The molecule has 0 saturated carbocycles. The van der Waals surface area contributed by atoms with Crippen LogP contribution in [0.15, 0.2) is 0 Å². The van der Waals surface area contributed by atoms with Gasteiger partial charge in [-0.05, 0) is 6.92 Å². The van der Waals surface area contributed by atoms with Gasteiger partial charge in [-0.2, -0.15) is 5.26 Å². The second-order valence-corrected chi connectivity index (χ2v) is 3.58. The quantitative estimate of drug-likeness (QED) is 0.643. The number of hydrogen-bond acceptors (Lipinski definition) is 3. The van der Waals surface area contributed by atoms with Crippen molar-refractivity contribution in [2.75, 3.05) is 26.2 Å². The number of carbonyl (C=O) groups excluding carboxylic acids is 1. The number of nitrogens with zero attached hydrogens (tertiary/aromatic N) is 3. The topological polar surface area (TPSA) is 47.3 Å². The van der Waals surface area contributed by atoms with Gasteiger partial charge in [-0.1, -0.05) is 6.92 Å². The lowest BCUT2D eigenvalue weighted by atomic mass is 10.2. The third-order valence-electron chi connectivity index (χ3n) is 2.70. The average Bonchev–Trinajstić information content (AvgIpc) is 2.27. The standard InChI is InChI=1S/C10H17N3O/c1-3-10(14)13-6-4-12(5-7-13)9(2)8-11/h9H,3-7H2,1-2H3. The second-order valence-electron chi connectivity index (χ2n) is 3.58. The summed E-state index contributed by atoms with van der Waals surface area (Å²) in [5, 5.41) is 8.74. The fraction of sp³-hybridized carbons (Fsp3) is 0.800. The lowest BCUT2D eigenvalue weighted by molar-refractivity contribution is -0.132. The molecule has 0 radical (unpaired) electrons. The van der Waals surface area contributed by atoms with E-state index in [1.807, 2.05) is 18.7 Å². The highest BCUT2D eigenvalue weighted by molar-refractivity contribution is 5.75. The summed E-state index contributed by atoms with van der Waals surface area (Å²) in [5.41, 5.74) is 0. The molecule has 0 aromatic heterocycles. The van der Waals surface area contributed by atoms with Crippen molar-refractivity contribution in [2.24, 2.45) is 0 Å². The molecular formula is C10H17N3O.